The third-order valence-corrected chi connectivity index (χ3v) is 5.26. The van der Waals surface area contributed by atoms with Crippen molar-refractivity contribution in [1.82, 2.24) is 10.6 Å². The Labute approximate surface area is 143 Å². The number of hydrogen-bond acceptors (Lipinski definition) is 3. The number of aryl methyl sites for hydroxylation is 1. The smallest absolute Gasteiger partial charge is 0.315 e. The maximum Gasteiger partial charge on any atom is 0.315 e. The molecule has 1 aromatic carbocycles. The lowest BCUT2D eigenvalue weighted by molar-refractivity contribution is 0.0981. The second-order valence-corrected chi connectivity index (χ2v) is 7.41. The van der Waals surface area contributed by atoms with E-state index in [2.05, 4.69) is 29.7 Å². The monoisotopic (exact) mass is 330 g/mol. The maximum atomic E-state index is 12.2. The zero-order valence-corrected chi connectivity index (χ0v) is 14.2. The Hall–Kier alpha value is -1.75. The maximum absolute atomic E-state index is 12.2. The Morgan fingerprint density at radius 2 is 2.17 bits per heavy atom. The Morgan fingerprint density at radius 3 is 2.88 bits per heavy atom. The first kappa shape index (κ1) is 15.8. The van der Waals surface area contributed by atoms with Gasteiger partial charge in [-0.3, -0.25) is 0 Å². The van der Waals surface area contributed by atoms with E-state index < -0.39 is 0 Å². The molecule has 2 heterocycles. The van der Waals surface area contributed by atoms with Crippen LogP contribution in [0.4, 0.5) is 4.79 Å². The molecule has 3 aliphatic rings. The van der Waals surface area contributed by atoms with Crippen molar-refractivity contribution in [2.75, 3.05) is 6.61 Å². The Kier molecular flexibility index (Phi) is 4.35. The fourth-order valence-corrected chi connectivity index (χ4v) is 3.62. The van der Waals surface area contributed by atoms with Crippen LogP contribution in [0.3, 0.4) is 0 Å². The van der Waals surface area contributed by atoms with Gasteiger partial charge >= 0.3 is 6.03 Å². The van der Waals surface area contributed by atoms with Crippen molar-refractivity contribution >= 4 is 6.03 Å². The largest absolute Gasteiger partial charge is 0.493 e. The summed E-state index contributed by atoms with van der Waals surface area (Å²) in [4.78, 5) is 12.2. The van der Waals surface area contributed by atoms with Crippen LogP contribution in [0.25, 0.3) is 0 Å². The van der Waals surface area contributed by atoms with Crippen molar-refractivity contribution in [3.05, 3.63) is 29.3 Å². The average Bonchev–Trinajstić information content (AvgIpc) is 3.17. The molecule has 2 amide bonds. The molecule has 5 nitrogen and oxygen atoms in total. The van der Waals surface area contributed by atoms with Crippen LogP contribution in [0.1, 0.15) is 43.2 Å². The van der Waals surface area contributed by atoms with Gasteiger partial charge in [0.25, 0.3) is 0 Å². The van der Waals surface area contributed by atoms with Gasteiger partial charge in [0.05, 0.1) is 24.9 Å². The fraction of sp³-hybridized carbons (Fsp3) is 0.632. The van der Waals surface area contributed by atoms with E-state index in [1.807, 2.05) is 6.07 Å². The molecular weight excluding hydrogens is 304 g/mol. The number of ether oxygens (including phenoxy) is 2. The minimum atomic E-state index is -0.120. The standard InChI is InChI=1S/C19H26N2O3/c1-12-2-5-14(18(8-12)23-11-13-3-4-13)10-20-19(22)21-16-9-15-6-7-17(16)24-15/h2,5,8,13,15-17H,3-4,6-7,9-11H2,1H3,(H2,20,21,22). The highest BCUT2D eigenvalue weighted by Crippen LogP contribution is 2.34. The summed E-state index contributed by atoms with van der Waals surface area (Å²) in [6, 6.07) is 6.19. The topological polar surface area (TPSA) is 59.6 Å². The lowest BCUT2D eigenvalue weighted by Gasteiger charge is -2.20. The average molecular weight is 330 g/mol. The number of nitrogens with one attached hydrogen (secondary N) is 2. The zero-order chi connectivity index (χ0) is 16.5. The second kappa shape index (κ2) is 6.63. The summed E-state index contributed by atoms with van der Waals surface area (Å²) in [6.45, 7) is 3.32. The first-order chi connectivity index (χ1) is 11.7. The van der Waals surface area contributed by atoms with E-state index in [-0.39, 0.29) is 18.2 Å². The van der Waals surface area contributed by atoms with E-state index in [0.29, 0.717) is 18.6 Å². The third-order valence-electron chi connectivity index (χ3n) is 5.26. The van der Waals surface area contributed by atoms with E-state index in [4.69, 9.17) is 9.47 Å². The number of amides is 2. The molecule has 0 radical (unpaired) electrons. The number of carbonyl (C=O) groups is 1. The van der Waals surface area contributed by atoms with Gasteiger partial charge < -0.3 is 20.1 Å². The summed E-state index contributed by atoms with van der Waals surface area (Å²) in [5.41, 5.74) is 2.20. The highest BCUT2D eigenvalue weighted by Gasteiger charge is 2.41. The van der Waals surface area contributed by atoms with E-state index in [1.54, 1.807) is 0 Å². The zero-order valence-electron chi connectivity index (χ0n) is 14.2. The van der Waals surface area contributed by atoms with Gasteiger partial charge in [0.2, 0.25) is 0 Å². The van der Waals surface area contributed by atoms with Gasteiger partial charge in [0.15, 0.2) is 0 Å². The van der Waals surface area contributed by atoms with Gasteiger partial charge in [0.1, 0.15) is 5.75 Å². The Morgan fingerprint density at radius 1 is 1.29 bits per heavy atom. The van der Waals surface area contributed by atoms with E-state index >= 15 is 0 Å². The van der Waals surface area contributed by atoms with Crippen LogP contribution in [0.2, 0.25) is 0 Å². The molecule has 5 heteroatoms. The number of hydrogen-bond donors (Lipinski definition) is 2. The van der Waals surface area contributed by atoms with Crippen LogP contribution in [0.15, 0.2) is 18.2 Å². The lowest BCUT2D eigenvalue weighted by atomic mass is 9.96. The molecule has 2 aliphatic heterocycles. The van der Waals surface area contributed by atoms with Crippen molar-refractivity contribution in [2.45, 2.75) is 63.8 Å². The fourth-order valence-electron chi connectivity index (χ4n) is 3.62. The lowest BCUT2D eigenvalue weighted by Crippen LogP contribution is -2.46. The highest BCUT2D eigenvalue weighted by atomic mass is 16.5. The summed E-state index contributed by atoms with van der Waals surface area (Å²) in [5, 5.41) is 6.02. The van der Waals surface area contributed by atoms with Crippen molar-refractivity contribution < 1.29 is 14.3 Å². The Bertz CT molecular complexity index is 615. The summed E-state index contributed by atoms with van der Waals surface area (Å²) >= 11 is 0. The van der Waals surface area contributed by atoms with Crippen LogP contribution >= 0.6 is 0 Å². The van der Waals surface area contributed by atoms with Crippen molar-refractivity contribution in [2.24, 2.45) is 5.92 Å². The summed E-state index contributed by atoms with van der Waals surface area (Å²) in [7, 11) is 0. The van der Waals surface area contributed by atoms with Crippen LogP contribution in [0, 0.1) is 12.8 Å². The van der Waals surface area contributed by atoms with Crippen molar-refractivity contribution in [3.8, 4) is 5.75 Å². The number of fused-ring (bicyclic) bond motifs is 2. The third kappa shape index (κ3) is 3.66. The summed E-state index contributed by atoms with van der Waals surface area (Å²) in [5.74, 6) is 1.61. The molecule has 2 bridgehead atoms. The molecule has 2 saturated heterocycles. The van der Waals surface area contributed by atoms with Gasteiger partial charge in [-0.2, -0.15) is 0 Å². The highest BCUT2D eigenvalue weighted by molar-refractivity contribution is 5.74. The predicted molar refractivity (Wildman–Crippen MR) is 91.1 cm³/mol. The summed E-state index contributed by atoms with van der Waals surface area (Å²) < 4.78 is 11.7. The minimum absolute atomic E-state index is 0.120. The van der Waals surface area contributed by atoms with Gasteiger partial charge in [-0.25, -0.2) is 4.79 Å². The minimum Gasteiger partial charge on any atom is -0.493 e. The molecule has 130 valence electrons. The van der Waals surface area contributed by atoms with Crippen LogP contribution < -0.4 is 15.4 Å². The first-order valence-electron chi connectivity index (χ1n) is 9.09. The van der Waals surface area contributed by atoms with Gasteiger partial charge in [-0.05, 0) is 56.6 Å². The SMILES string of the molecule is Cc1ccc(CNC(=O)NC2CC3CCC2O3)c(OCC2CC2)c1. The van der Waals surface area contributed by atoms with Crippen LogP contribution in [-0.4, -0.2) is 30.9 Å². The van der Waals surface area contributed by atoms with Crippen LogP contribution in [-0.2, 0) is 11.3 Å². The second-order valence-electron chi connectivity index (χ2n) is 7.41. The van der Waals surface area contributed by atoms with Gasteiger partial charge in [-0.15, -0.1) is 0 Å². The first-order valence-corrected chi connectivity index (χ1v) is 9.09. The number of rotatable bonds is 6. The molecule has 1 aliphatic carbocycles. The van der Waals surface area contributed by atoms with E-state index in [0.717, 1.165) is 37.2 Å². The van der Waals surface area contributed by atoms with Gasteiger partial charge in [-0.1, -0.05) is 12.1 Å². The number of benzene rings is 1. The molecule has 3 atom stereocenters. The molecule has 1 aromatic rings. The van der Waals surface area contributed by atoms with Crippen molar-refractivity contribution in [3.63, 3.8) is 0 Å². The molecule has 1 saturated carbocycles. The molecule has 3 unspecified atom stereocenters. The summed E-state index contributed by atoms with van der Waals surface area (Å²) in [6.07, 6.45) is 6.24. The quantitative estimate of drug-likeness (QED) is 0.843. The van der Waals surface area contributed by atoms with Crippen molar-refractivity contribution in [1.29, 1.82) is 0 Å². The predicted octanol–water partition coefficient (Wildman–Crippen LogP) is 2.90. The van der Waals surface area contributed by atoms with Crippen LogP contribution in [0.5, 0.6) is 5.75 Å². The molecule has 2 N–H and O–H groups in total. The number of urea groups is 1. The molecule has 3 fully saturated rings. The molecular formula is C19H26N2O3. The normalized spacial score (nSPS) is 28.0. The molecule has 24 heavy (non-hydrogen) atoms. The number of carbonyl (C=O) groups excluding carboxylic acids is 1. The van der Waals surface area contributed by atoms with E-state index in [9.17, 15) is 4.79 Å². The van der Waals surface area contributed by atoms with Gasteiger partial charge in [0, 0.05) is 12.1 Å². The molecule has 0 spiro atoms. The Balaban J connectivity index is 1.30. The molecule has 0 aromatic heterocycles. The molecule has 4 rings (SSSR count). The van der Waals surface area contributed by atoms with E-state index in [1.165, 1.54) is 18.4 Å².